The Morgan fingerprint density at radius 2 is 1.67 bits per heavy atom. The third-order valence-electron chi connectivity index (χ3n) is 4.56. The smallest absolute Gasteiger partial charge is 0.399 e. The first-order chi connectivity index (χ1) is 11.4. The monoisotopic (exact) mass is 336 g/mol. The van der Waals surface area contributed by atoms with Crippen molar-refractivity contribution in [2.45, 2.75) is 24.6 Å². The van der Waals surface area contributed by atoms with E-state index in [1.54, 1.807) is 12.1 Å². The molecular weight excluding hydrogens is 317 g/mol. The molecule has 24 heavy (non-hydrogen) atoms. The summed E-state index contributed by atoms with van der Waals surface area (Å²) < 4.78 is 38.0. The Bertz CT molecular complexity index is 683. The summed E-state index contributed by atoms with van der Waals surface area (Å²) in [7, 11) is 0. The minimum absolute atomic E-state index is 0.00150. The topological polar surface area (TPSA) is 49.5 Å². The number of aliphatic hydroxyl groups excluding tert-OH is 1. The van der Waals surface area contributed by atoms with Gasteiger partial charge in [0.25, 0.3) is 0 Å². The quantitative estimate of drug-likeness (QED) is 0.842. The molecule has 1 aliphatic rings. The molecule has 1 heterocycles. The van der Waals surface area contributed by atoms with Gasteiger partial charge in [-0.1, -0.05) is 12.1 Å². The second-order valence-electron chi connectivity index (χ2n) is 6.13. The predicted octanol–water partition coefficient (Wildman–Crippen LogP) is 3.64. The highest BCUT2D eigenvalue weighted by atomic mass is 19.4. The van der Waals surface area contributed by atoms with Gasteiger partial charge in [-0.15, -0.1) is 0 Å². The van der Waals surface area contributed by atoms with Gasteiger partial charge >= 0.3 is 6.18 Å². The Balaban J connectivity index is 1.80. The van der Waals surface area contributed by atoms with Gasteiger partial charge in [0.05, 0.1) is 18.2 Å². The maximum Gasteiger partial charge on any atom is 0.416 e. The first-order valence-corrected chi connectivity index (χ1v) is 7.78. The van der Waals surface area contributed by atoms with E-state index < -0.39 is 11.7 Å². The molecule has 0 bridgehead atoms. The zero-order chi connectivity index (χ0) is 17.3. The molecule has 3 N–H and O–H groups in total. The van der Waals surface area contributed by atoms with Crippen LogP contribution in [0.1, 0.15) is 23.5 Å². The third-order valence-corrected chi connectivity index (χ3v) is 4.56. The Morgan fingerprint density at radius 1 is 1.04 bits per heavy atom. The van der Waals surface area contributed by atoms with Gasteiger partial charge < -0.3 is 15.7 Å². The second kappa shape index (κ2) is 6.36. The molecule has 1 saturated heterocycles. The van der Waals surface area contributed by atoms with Crippen LogP contribution in [-0.2, 0) is 6.18 Å². The van der Waals surface area contributed by atoms with Crippen LogP contribution < -0.4 is 10.6 Å². The minimum atomic E-state index is -4.32. The maximum absolute atomic E-state index is 12.7. The van der Waals surface area contributed by atoms with Crippen LogP contribution in [0, 0.1) is 0 Å². The van der Waals surface area contributed by atoms with Crippen molar-refractivity contribution < 1.29 is 18.3 Å². The predicted molar refractivity (Wildman–Crippen MR) is 87.9 cm³/mol. The van der Waals surface area contributed by atoms with Gasteiger partial charge in [-0.3, -0.25) is 0 Å². The standard InChI is InChI=1S/C18H19F3N2O/c19-18(20,21)14-3-1-12(2-4-14)13-9-17(11-24)23(10-13)16-7-5-15(22)6-8-16/h1-8,13,17,24H,9-11,22H2/t13?,17-/m0/s1. The van der Waals surface area contributed by atoms with Crippen LogP contribution >= 0.6 is 0 Å². The van der Waals surface area contributed by atoms with E-state index in [-0.39, 0.29) is 18.6 Å². The highest BCUT2D eigenvalue weighted by Crippen LogP contribution is 2.36. The van der Waals surface area contributed by atoms with Crippen molar-refractivity contribution in [3.63, 3.8) is 0 Å². The van der Waals surface area contributed by atoms with Crippen molar-refractivity contribution in [1.29, 1.82) is 0 Å². The fraction of sp³-hybridized carbons (Fsp3) is 0.333. The summed E-state index contributed by atoms with van der Waals surface area (Å²) in [6, 6.07) is 12.7. The van der Waals surface area contributed by atoms with Gasteiger partial charge in [-0.25, -0.2) is 0 Å². The van der Waals surface area contributed by atoms with Gasteiger partial charge in [-0.2, -0.15) is 13.2 Å². The van der Waals surface area contributed by atoms with E-state index >= 15 is 0 Å². The molecule has 2 aromatic carbocycles. The van der Waals surface area contributed by atoms with Gasteiger partial charge in [0.1, 0.15) is 0 Å². The summed E-state index contributed by atoms with van der Waals surface area (Å²) in [5.74, 6) is 0.0852. The van der Waals surface area contributed by atoms with Crippen LogP contribution in [0.25, 0.3) is 0 Å². The van der Waals surface area contributed by atoms with Crippen LogP contribution in [0.4, 0.5) is 24.5 Å². The van der Waals surface area contributed by atoms with Crippen molar-refractivity contribution in [2.75, 3.05) is 23.8 Å². The number of nitrogens with two attached hydrogens (primary N) is 1. The molecule has 2 atom stereocenters. The summed E-state index contributed by atoms with van der Waals surface area (Å²) in [6.45, 7) is 0.655. The van der Waals surface area contributed by atoms with Crippen molar-refractivity contribution in [1.82, 2.24) is 0 Å². The number of benzene rings is 2. The van der Waals surface area contributed by atoms with Crippen molar-refractivity contribution in [3.05, 3.63) is 59.7 Å². The van der Waals surface area contributed by atoms with E-state index in [0.717, 1.165) is 23.4 Å². The maximum atomic E-state index is 12.7. The van der Waals surface area contributed by atoms with E-state index in [0.29, 0.717) is 18.7 Å². The fourth-order valence-electron chi connectivity index (χ4n) is 3.26. The van der Waals surface area contributed by atoms with Crippen molar-refractivity contribution >= 4 is 11.4 Å². The number of hydrogen-bond donors (Lipinski definition) is 2. The van der Waals surface area contributed by atoms with Gasteiger partial charge in [-0.05, 0) is 48.4 Å². The summed E-state index contributed by atoms with van der Waals surface area (Å²) >= 11 is 0. The summed E-state index contributed by atoms with van der Waals surface area (Å²) in [6.07, 6.45) is -3.62. The molecule has 1 unspecified atom stereocenters. The molecule has 128 valence electrons. The lowest BCUT2D eigenvalue weighted by molar-refractivity contribution is -0.137. The van der Waals surface area contributed by atoms with Gasteiger partial charge in [0.15, 0.2) is 0 Å². The second-order valence-corrected chi connectivity index (χ2v) is 6.13. The van der Waals surface area contributed by atoms with E-state index in [1.165, 1.54) is 12.1 Å². The Hall–Kier alpha value is -2.21. The normalized spacial score (nSPS) is 21.2. The van der Waals surface area contributed by atoms with Crippen LogP contribution in [0.15, 0.2) is 48.5 Å². The molecule has 0 amide bonds. The van der Waals surface area contributed by atoms with E-state index in [9.17, 15) is 18.3 Å². The average molecular weight is 336 g/mol. The number of hydrogen-bond acceptors (Lipinski definition) is 3. The number of nitrogen functional groups attached to an aromatic ring is 1. The lowest BCUT2D eigenvalue weighted by atomic mass is 9.95. The van der Waals surface area contributed by atoms with Crippen LogP contribution in [-0.4, -0.2) is 24.3 Å². The third kappa shape index (κ3) is 3.33. The van der Waals surface area contributed by atoms with E-state index in [2.05, 4.69) is 4.90 Å². The summed E-state index contributed by atoms with van der Waals surface area (Å²) in [4.78, 5) is 2.09. The van der Waals surface area contributed by atoms with E-state index in [1.807, 2.05) is 12.1 Å². The molecular formula is C18H19F3N2O. The fourth-order valence-corrected chi connectivity index (χ4v) is 3.26. The zero-order valence-corrected chi connectivity index (χ0v) is 13.0. The number of halogens is 3. The number of anilines is 2. The number of alkyl halides is 3. The SMILES string of the molecule is Nc1ccc(N2CC(c3ccc(C(F)(F)F)cc3)C[C@H]2CO)cc1. The minimum Gasteiger partial charge on any atom is -0.399 e. The molecule has 0 aliphatic carbocycles. The summed E-state index contributed by atoms with van der Waals surface area (Å²) in [5.41, 5.74) is 7.54. The van der Waals surface area contributed by atoms with E-state index in [4.69, 9.17) is 5.73 Å². The average Bonchev–Trinajstić information content (AvgIpc) is 2.99. The molecule has 0 aromatic heterocycles. The number of rotatable bonds is 3. The van der Waals surface area contributed by atoms with Gasteiger partial charge in [0, 0.05) is 23.8 Å². The molecule has 1 fully saturated rings. The molecule has 6 heteroatoms. The van der Waals surface area contributed by atoms with Crippen LogP contribution in [0.2, 0.25) is 0 Å². The molecule has 1 aliphatic heterocycles. The van der Waals surface area contributed by atoms with Crippen molar-refractivity contribution in [2.24, 2.45) is 0 Å². The summed E-state index contributed by atoms with van der Waals surface area (Å²) in [5, 5.41) is 9.65. The van der Waals surface area contributed by atoms with Crippen LogP contribution in [0.3, 0.4) is 0 Å². The molecule has 0 saturated carbocycles. The zero-order valence-electron chi connectivity index (χ0n) is 13.0. The Morgan fingerprint density at radius 3 is 2.21 bits per heavy atom. The largest absolute Gasteiger partial charge is 0.416 e. The highest BCUT2D eigenvalue weighted by Gasteiger charge is 2.34. The van der Waals surface area contributed by atoms with Gasteiger partial charge in [0.2, 0.25) is 0 Å². The first kappa shape index (κ1) is 16.6. The first-order valence-electron chi connectivity index (χ1n) is 7.78. The molecule has 3 nitrogen and oxygen atoms in total. The lowest BCUT2D eigenvalue weighted by Gasteiger charge is -2.25. The van der Waals surface area contributed by atoms with Crippen molar-refractivity contribution in [3.8, 4) is 0 Å². The number of nitrogens with zero attached hydrogens (tertiary/aromatic N) is 1. The lowest BCUT2D eigenvalue weighted by Crippen LogP contribution is -2.32. The highest BCUT2D eigenvalue weighted by molar-refractivity contribution is 5.55. The van der Waals surface area contributed by atoms with Crippen LogP contribution in [0.5, 0.6) is 0 Å². The Labute approximate surface area is 138 Å². The molecule has 2 aromatic rings. The molecule has 0 spiro atoms. The molecule has 0 radical (unpaired) electrons. The number of aliphatic hydroxyl groups is 1. The Kier molecular flexibility index (Phi) is 4.41. The molecule has 3 rings (SSSR count).